The summed E-state index contributed by atoms with van der Waals surface area (Å²) in [5.41, 5.74) is 0. The Labute approximate surface area is 113 Å². The molecule has 0 bridgehead atoms. The summed E-state index contributed by atoms with van der Waals surface area (Å²) >= 11 is 1.16. The van der Waals surface area contributed by atoms with Crippen molar-refractivity contribution in [2.75, 3.05) is 0 Å². The predicted molar refractivity (Wildman–Crippen MR) is 75.3 cm³/mol. The molecule has 0 aliphatic heterocycles. The minimum Gasteiger partial charge on any atom is -0.477 e. The van der Waals surface area contributed by atoms with Crippen LogP contribution in [0.25, 0.3) is 10.8 Å². The van der Waals surface area contributed by atoms with E-state index >= 15 is 0 Å². The molecule has 0 aliphatic rings. The van der Waals surface area contributed by atoms with E-state index in [2.05, 4.69) is 0 Å². The van der Waals surface area contributed by atoms with Gasteiger partial charge in [-0.15, -0.1) is 11.3 Å². The van der Waals surface area contributed by atoms with Crippen LogP contribution in [0.5, 0.6) is 11.5 Å². The van der Waals surface area contributed by atoms with Crippen LogP contribution in [0.2, 0.25) is 0 Å². The molecule has 0 fully saturated rings. The van der Waals surface area contributed by atoms with Gasteiger partial charge >= 0.3 is 5.97 Å². The lowest BCUT2D eigenvalue weighted by Crippen LogP contribution is -1.90. The number of hydrogen-bond donors (Lipinski definition) is 1. The third-order valence-electron chi connectivity index (χ3n) is 2.74. The van der Waals surface area contributed by atoms with Gasteiger partial charge in [0.25, 0.3) is 0 Å². The first-order chi connectivity index (χ1) is 9.22. The van der Waals surface area contributed by atoms with E-state index in [1.54, 1.807) is 5.38 Å². The van der Waals surface area contributed by atoms with Gasteiger partial charge in [0.2, 0.25) is 0 Å². The highest BCUT2D eigenvalue weighted by atomic mass is 32.1. The Morgan fingerprint density at radius 3 is 2.53 bits per heavy atom. The fraction of sp³-hybridized carbons (Fsp3) is 0. The number of aromatic carboxylic acids is 1. The molecule has 0 amide bonds. The third kappa shape index (κ3) is 2.44. The number of rotatable bonds is 3. The maximum Gasteiger partial charge on any atom is 0.346 e. The SMILES string of the molecule is O=C(O)c1cc(Oc2ccc3ccccc3c2)cs1. The van der Waals surface area contributed by atoms with Crippen LogP contribution in [0.15, 0.2) is 53.9 Å². The highest BCUT2D eigenvalue weighted by Gasteiger charge is 2.08. The highest BCUT2D eigenvalue weighted by molar-refractivity contribution is 7.12. The first kappa shape index (κ1) is 11.7. The molecule has 19 heavy (non-hydrogen) atoms. The molecule has 0 unspecified atom stereocenters. The number of carboxylic acids is 1. The zero-order valence-electron chi connectivity index (χ0n) is 9.87. The second kappa shape index (κ2) is 4.74. The largest absolute Gasteiger partial charge is 0.477 e. The van der Waals surface area contributed by atoms with Gasteiger partial charge in [-0.1, -0.05) is 30.3 Å². The number of carbonyl (C=O) groups is 1. The molecule has 1 heterocycles. The van der Waals surface area contributed by atoms with Crippen molar-refractivity contribution in [1.29, 1.82) is 0 Å². The van der Waals surface area contributed by atoms with Gasteiger partial charge in [-0.2, -0.15) is 0 Å². The van der Waals surface area contributed by atoms with Crippen molar-refractivity contribution in [3.05, 3.63) is 58.8 Å². The lowest BCUT2D eigenvalue weighted by molar-refractivity contribution is 0.0702. The van der Waals surface area contributed by atoms with E-state index < -0.39 is 5.97 Å². The van der Waals surface area contributed by atoms with E-state index in [-0.39, 0.29) is 4.88 Å². The van der Waals surface area contributed by atoms with Crippen molar-refractivity contribution in [2.24, 2.45) is 0 Å². The molecular weight excluding hydrogens is 260 g/mol. The molecule has 2 aromatic carbocycles. The van der Waals surface area contributed by atoms with E-state index in [1.165, 1.54) is 6.07 Å². The molecule has 0 radical (unpaired) electrons. The molecule has 0 saturated carbocycles. The second-order valence-electron chi connectivity index (χ2n) is 4.06. The molecule has 1 aromatic heterocycles. The van der Waals surface area contributed by atoms with Crippen molar-refractivity contribution in [2.45, 2.75) is 0 Å². The van der Waals surface area contributed by atoms with Gasteiger partial charge in [0, 0.05) is 11.4 Å². The van der Waals surface area contributed by atoms with Crippen LogP contribution < -0.4 is 4.74 Å². The summed E-state index contributed by atoms with van der Waals surface area (Å²) in [6, 6.07) is 15.3. The highest BCUT2D eigenvalue weighted by Crippen LogP contribution is 2.29. The van der Waals surface area contributed by atoms with Gasteiger partial charge in [0.15, 0.2) is 0 Å². The average Bonchev–Trinajstić information content (AvgIpc) is 2.87. The molecule has 3 rings (SSSR count). The van der Waals surface area contributed by atoms with Crippen LogP contribution in [0, 0.1) is 0 Å². The Morgan fingerprint density at radius 1 is 1.00 bits per heavy atom. The van der Waals surface area contributed by atoms with E-state index in [1.807, 2.05) is 42.5 Å². The molecular formula is C15H10O3S. The molecule has 4 heteroatoms. The van der Waals surface area contributed by atoms with Crippen LogP contribution in [-0.4, -0.2) is 11.1 Å². The summed E-state index contributed by atoms with van der Waals surface area (Å²) in [5.74, 6) is 0.324. The fourth-order valence-electron chi connectivity index (χ4n) is 1.85. The van der Waals surface area contributed by atoms with E-state index in [0.717, 1.165) is 22.1 Å². The number of fused-ring (bicyclic) bond motifs is 1. The normalized spacial score (nSPS) is 10.5. The standard InChI is InChI=1S/C15H10O3S/c16-15(17)14-8-13(9-19-14)18-12-6-5-10-3-1-2-4-11(10)7-12/h1-9H,(H,16,17). The number of ether oxygens (including phenoxy) is 1. The quantitative estimate of drug-likeness (QED) is 0.767. The third-order valence-corrected chi connectivity index (χ3v) is 3.64. The van der Waals surface area contributed by atoms with Crippen molar-refractivity contribution >= 4 is 28.1 Å². The van der Waals surface area contributed by atoms with Gasteiger partial charge in [-0.05, 0) is 22.9 Å². The smallest absolute Gasteiger partial charge is 0.346 e. The van der Waals surface area contributed by atoms with Gasteiger partial charge in [-0.25, -0.2) is 4.79 Å². The first-order valence-corrected chi connectivity index (χ1v) is 6.59. The maximum absolute atomic E-state index is 10.8. The Balaban J connectivity index is 1.89. The van der Waals surface area contributed by atoms with Gasteiger partial charge in [-0.3, -0.25) is 0 Å². The molecule has 1 N–H and O–H groups in total. The van der Waals surface area contributed by atoms with Gasteiger partial charge < -0.3 is 9.84 Å². The van der Waals surface area contributed by atoms with Crippen molar-refractivity contribution in [1.82, 2.24) is 0 Å². The Kier molecular flexibility index (Phi) is 2.93. The molecule has 3 aromatic rings. The molecule has 94 valence electrons. The minimum absolute atomic E-state index is 0.274. The minimum atomic E-state index is -0.932. The van der Waals surface area contributed by atoms with E-state index in [0.29, 0.717) is 11.5 Å². The Morgan fingerprint density at radius 2 is 1.79 bits per heavy atom. The van der Waals surface area contributed by atoms with E-state index in [4.69, 9.17) is 9.84 Å². The number of hydrogen-bond acceptors (Lipinski definition) is 3. The zero-order valence-corrected chi connectivity index (χ0v) is 10.7. The van der Waals surface area contributed by atoms with E-state index in [9.17, 15) is 4.79 Å². The van der Waals surface area contributed by atoms with Crippen molar-refractivity contribution in [3.8, 4) is 11.5 Å². The monoisotopic (exact) mass is 270 g/mol. The topological polar surface area (TPSA) is 46.5 Å². The molecule has 0 saturated heterocycles. The number of thiophene rings is 1. The van der Waals surface area contributed by atoms with Crippen molar-refractivity contribution < 1.29 is 14.6 Å². The average molecular weight is 270 g/mol. The lowest BCUT2D eigenvalue weighted by atomic mass is 10.1. The van der Waals surface area contributed by atoms with Gasteiger partial charge in [0.05, 0.1) is 0 Å². The van der Waals surface area contributed by atoms with Crippen molar-refractivity contribution in [3.63, 3.8) is 0 Å². The zero-order chi connectivity index (χ0) is 13.2. The summed E-state index contributed by atoms with van der Waals surface area (Å²) in [6.45, 7) is 0. The summed E-state index contributed by atoms with van der Waals surface area (Å²) in [6.07, 6.45) is 0. The fourth-order valence-corrected chi connectivity index (χ4v) is 2.50. The van der Waals surface area contributed by atoms with Crippen LogP contribution >= 0.6 is 11.3 Å². The van der Waals surface area contributed by atoms with Crippen LogP contribution in [0.1, 0.15) is 9.67 Å². The van der Waals surface area contributed by atoms with Crippen LogP contribution in [0.3, 0.4) is 0 Å². The maximum atomic E-state index is 10.8. The summed E-state index contributed by atoms with van der Waals surface area (Å²) < 4.78 is 5.66. The summed E-state index contributed by atoms with van der Waals surface area (Å²) in [4.78, 5) is 11.1. The summed E-state index contributed by atoms with van der Waals surface area (Å²) in [5, 5.41) is 12.8. The molecule has 0 aliphatic carbocycles. The predicted octanol–water partition coefficient (Wildman–Crippen LogP) is 4.39. The second-order valence-corrected chi connectivity index (χ2v) is 4.97. The first-order valence-electron chi connectivity index (χ1n) is 5.71. The molecule has 0 spiro atoms. The van der Waals surface area contributed by atoms with Gasteiger partial charge in [0.1, 0.15) is 16.4 Å². The lowest BCUT2D eigenvalue weighted by Gasteiger charge is -2.04. The Hall–Kier alpha value is -2.33. The summed E-state index contributed by atoms with van der Waals surface area (Å²) in [7, 11) is 0. The molecule has 0 atom stereocenters. The Bertz CT molecular complexity index is 746. The van der Waals surface area contributed by atoms with Crippen LogP contribution in [0.4, 0.5) is 0 Å². The van der Waals surface area contributed by atoms with Crippen LogP contribution in [-0.2, 0) is 0 Å². The number of carboxylic acid groups (broad SMARTS) is 1. The molecule has 3 nitrogen and oxygen atoms in total. The number of benzene rings is 2.